The van der Waals surface area contributed by atoms with Crippen molar-refractivity contribution in [3.63, 3.8) is 0 Å². The molecule has 3 heterocycles. The third-order valence-corrected chi connectivity index (χ3v) is 6.41. The second-order valence-corrected chi connectivity index (χ2v) is 8.67. The number of nitrogens with zero attached hydrogens (tertiary/aromatic N) is 5. The fourth-order valence-electron chi connectivity index (χ4n) is 3.80. The fourth-order valence-corrected chi connectivity index (χ4v) is 4.71. The highest BCUT2D eigenvalue weighted by Crippen LogP contribution is 2.31. The lowest BCUT2D eigenvalue weighted by Gasteiger charge is -2.08. The van der Waals surface area contributed by atoms with Gasteiger partial charge in [0.2, 0.25) is 5.91 Å². The minimum Gasteiger partial charge on any atom is -0.310 e. The van der Waals surface area contributed by atoms with Crippen LogP contribution in [0.15, 0.2) is 60.9 Å². The first kappa shape index (κ1) is 19.3. The molecule has 1 aliphatic rings. The first-order chi connectivity index (χ1) is 15.2. The Labute approximate surface area is 183 Å². The van der Waals surface area contributed by atoms with Crippen LogP contribution in [0.4, 0.5) is 5.13 Å². The van der Waals surface area contributed by atoms with E-state index in [1.807, 2.05) is 47.4 Å². The molecule has 154 valence electrons. The maximum atomic E-state index is 12.5. The minimum absolute atomic E-state index is 0.0702. The number of thiazole rings is 1. The molecular formula is C23H20N6OS. The molecule has 1 saturated heterocycles. The molecule has 0 unspecified atom stereocenters. The number of amides is 1. The Morgan fingerprint density at radius 1 is 1.23 bits per heavy atom. The van der Waals surface area contributed by atoms with Crippen molar-refractivity contribution in [2.24, 2.45) is 5.92 Å². The van der Waals surface area contributed by atoms with Crippen molar-refractivity contribution in [1.82, 2.24) is 19.7 Å². The lowest BCUT2D eigenvalue weighted by molar-refractivity contribution is -0.119. The molecule has 2 aromatic carbocycles. The van der Waals surface area contributed by atoms with Gasteiger partial charge >= 0.3 is 0 Å². The predicted octanol–water partition coefficient (Wildman–Crippen LogP) is 3.95. The van der Waals surface area contributed by atoms with Crippen LogP contribution in [0.2, 0.25) is 0 Å². The molecule has 5 rings (SSSR count). The van der Waals surface area contributed by atoms with Gasteiger partial charge in [-0.1, -0.05) is 47.7 Å². The molecule has 1 fully saturated rings. The summed E-state index contributed by atoms with van der Waals surface area (Å²) >= 11 is 1.46. The van der Waals surface area contributed by atoms with E-state index >= 15 is 0 Å². The van der Waals surface area contributed by atoms with Crippen LogP contribution in [-0.4, -0.2) is 38.7 Å². The van der Waals surface area contributed by atoms with Gasteiger partial charge in [0.15, 0.2) is 11.3 Å². The van der Waals surface area contributed by atoms with E-state index < -0.39 is 0 Å². The van der Waals surface area contributed by atoms with E-state index in [2.05, 4.69) is 39.8 Å². The molecule has 1 atom stereocenters. The molecule has 8 heteroatoms. The lowest BCUT2D eigenvalue weighted by atomic mass is 10.1. The van der Waals surface area contributed by atoms with Gasteiger partial charge in [0, 0.05) is 24.8 Å². The average molecular weight is 429 g/mol. The van der Waals surface area contributed by atoms with Gasteiger partial charge in [-0.15, -0.1) is 0 Å². The zero-order valence-electron chi connectivity index (χ0n) is 16.7. The quantitative estimate of drug-likeness (QED) is 0.487. The van der Waals surface area contributed by atoms with Crippen LogP contribution in [0.25, 0.3) is 21.3 Å². The van der Waals surface area contributed by atoms with Gasteiger partial charge in [0.25, 0.3) is 0 Å². The van der Waals surface area contributed by atoms with Crippen LogP contribution in [-0.2, 0) is 11.3 Å². The maximum absolute atomic E-state index is 12.5. The Morgan fingerprint density at radius 3 is 2.90 bits per heavy atom. The monoisotopic (exact) mass is 428 g/mol. The van der Waals surface area contributed by atoms with Crippen molar-refractivity contribution in [3.05, 3.63) is 66.5 Å². The van der Waals surface area contributed by atoms with Gasteiger partial charge in [-0.3, -0.25) is 9.48 Å². The van der Waals surface area contributed by atoms with Crippen molar-refractivity contribution in [2.45, 2.75) is 13.0 Å². The van der Waals surface area contributed by atoms with Crippen molar-refractivity contribution >= 4 is 32.6 Å². The number of nitrogens with one attached hydrogen (secondary N) is 1. The molecule has 2 aromatic heterocycles. The molecule has 1 N–H and O–H groups in total. The number of carbonyl (C=O) groups is 1. The Hall–Kier alpha value is -3.70. The van der Waals surface area contributed by atoms with E-state index in [0.717, 1.165) is 27.9 Å². The number of likely N-dealkylation sites (tertiary alicyclic amines) is 1. The third-order valence-electron chi connectivity index (χ3n) is 5.47. The molecule has 0 radical (unpaired) electrons. The van der Waals surface area contributed by atoms with Crippen molar-refractivity contribution in [1.29, 1.82) is 5.26 Å². The largest absolute Gasteiger partial charge is 0.310 e. The summed E-state index contributed by atoms with van der Waals surface area (Å²) in [6.07, 6.45) is 6.71. The maximum Gasteiger partial charge on any atom is 0.231 e. The third kappa shape index (κ3) is 4.13. The van der Waals surface area contributed by atoms with Crippen molar-refractivity contribution < 1.29 is 4.79 Å². The number of benzene rings is 2. The van der Waals surface area contributed by atoms with Crippen LogP contribution in [0.1, 0.15) is 12.0 Å². The number of hydrogen-bond donors (Lipinski definition) is 1. The standard InChI is InChI=1S/C23H20N6OS/c24-15-28-9-8-18(13-28)22(30)27-23-26-20-7-6-17(10-21(20)31-23)19-11-25-29(14-19)12-16-4-2-1-3-5-16/h1-7,10-11,14,18H,8-9,12-13H2,(H,26,27,30)/t18-/m1/s1. The number of nitriles is 1. The molecule has 0 aliphatic carbocycles. The van der Waals surface area contributed by atoms with Gasteiger partial charge in [-0.2, -0.15) is 10.4 Å². The van der Waals surface area contributed by atoms with Crippen LogP contribution in [0.3, 0.4) is 0 Å². The number of hydrogen-bond acceptors (Lipinski definition) is 6. The molecular weight excluding hydrogens is 408 g/mol. The Morgan fingerprint density at radius 2 is 2.10 bits per heavy atom. The fraction of sp³-hybridized carbons (Fsp3) is 0.217. The second-order valence-electron chi connectivity index (χ2n) is 7.63. The molecule has 1 amide bonds. The first-order valence-corrected chi connectivity index (χ1v) is 10.9. The van der Waals surface area contributed by atoms with Crippen molar-refractivity contribution in [3.8, 4) is 17.3 Å². The average Bonchev–Trinajstić information content (AvgIpc) is 3.53. The topological polar surface area (TPSA) is 86.8 Å². The zero-order chi connectivity index (χ0) is 21.2. The minimum atomic E-state index is -0.169. The van der Waals surface area contributed by atoms with E-state index in [1.165, 1.54) is 16.9 Å². The summed E-state index contributed by atoms with van der Waals surface area (Å²) < 4.78 is 2.94. The number of carbonyl (C=O) groups excluding carboxylic acids is 1. The molecule has 31 heavy (non-hydrogen) atoms. The van der Waals surface area contributed by atoms with Crippen molar-refractivity contribution in [2.75, 3.05) is 18.4 Å². The summed E-state index contributed by atoms with van der Waals surface area (Å²) in [4.78, 5) is 18.7. The summed E-state index contributed by atoms with van der Waals surface area (Å²) in [6.45, 7) is 1.84. The summed E-state index contributed by atoms with van der Waals surface area (Å²) in [6, 6.07) is 16.3. The Kier molecular flexibility index (Phi) is 5.10. The van der Waals surface area contributed by atoms with Gasteiger partial charge in [0.05, 0.1) is 28.9 Å². The van der Waals surface area contributed by atoms with Crippen LogP contribution in [0.5, 0.6) is 0 Å². The first-order valence-electron chi connectivity index (χ1n) is 10.1. The summed E-state index contributed by atoms with van der Waals surface area (Å²) in [7, 11) is 0. The van der Waals surface area contributed by atoms with Crippen LogP contribution < -0.4 is 5.32 Å². The Bertz CT molecular complexity index is 1270. The molecule has 4 aromatic rings. The highest BCUT2D eigenvalue weighted by Gasteiger charge is 2.28. The number of fused-ring (bicyclic) bond motifs is 1. The SMILES string of the molecule is N#CN1CC[C@@H](C(=O)Nc2nc3ccc(-c4cnn(Cc5ccccc5)c4)cc3s2)C1. The van der Waals surface area contributed by atoms with Gasteiger partial charge < -0.3 is 10.2 Å². The molecule has 1 aliphatic heterocycles. The molecule has 0 bridgehead atoms. The summed E-state index contributed by atoms with van der Waals surface area (Å²) in [5, 5.41) is 17.0. The molecule has 7 nitrogen and oxygen atoms in total. The highest BCUT2D eigenvalue weighted by atomic mass is 32.1. The number of aromatic nitrogens is 3. The molecule has 0 spiro atoms. The number of rotatable bonds is 5. The van der Waals surface area contributed by atoms with E-state index in [-0.39, 0.29) is 11.8 Å². The smallest absolute Gasteiger partial charge is 0.231 e. The van der Waals surface area contributed by atoms with Gasteiger partial charge in [-0.25, -0.2) is 4.98 Å². The number of anilines is 1. The van der Waals surface area contributed by atoms with Crippen LogP contribution in [0, 0.1) is 17.4 Å². The molecule has 0 saturated carbocycles. The lowest BCUT2D eigenvalue weighted by Crippen LogP contribution is -2.25. The predicted molar refractivity (Wildman–Crippen MR) is 120 cm³/mol. The van der Waals surface area contributed by atoms with E-state index in [1.54, 1.807) is 4.90 Å². The zero-order valence-corrected chi connectivity index (χ0v) is 17.5. The van der Waals surface area contributed by atoms with Crippen LogP contribution >= 0.6 is 11.3 Å². The summed E-state index contributed by atoms with van der Waals surface area (Å²) in [5.74, 6) is -0.239. The highest BCUT2D eigenvalue weighted by molar-refractivity contribution is 7.22. The van der Waals surface area contributed by atoms with E-state index in [4.69, 9.17) is 5.26 Å². The van der Waals surface area contributed by atoms with E-state index in [9.17, 15) is 4.79 Å². The van der Waals surface area contributed by atoms with Gasteiger partial charge in [0.1, 0.15) is 0 Å². The Balaban J connectivity index is 1.31. The van der Waals surface area contributed by atoms with Gasteiger partial charge in [-0.05, 0) is 29.7 Å². The summed E-state index contributed by atoms with van der Waals surface area (Å²) in [5.41, 5.74) is 4.16. The second kappa shape index (κ2) is 8.20. The van der Waals surface area contributed by atoms with E-state index in [0.29, 0.717) is 24.6 Å². The normalized spacial score (nSPS) is 15.8.